The van der Waals surface area contributed by atoms with E-state index >= 15 is 0 Å². The van der Waals surface area contributed by atoms with E-state index in [2.05, 4.69) is 35.8 Å². The van der Waals surface area contributed by atoms with Crippen LogP contribution in [0.1, 0.15) is 17.4 Å². The fourth-order valence-electron chi connectivity index (χ4n) is 2.64. The number of aromatic nitrogens is 1. The molecule has 4 nitrogen and oxygen atoms in total. The molecule has 0 spiro atoms. The molecule has 1 fully saturated rings. The van der Waals surface area contributed by atoms with Gasteiger partial charge in [0.2, 0.25) is 0 Å². The Balaban J connectivity index is 1.91. The van der Waals surface area contributed by atoms with Crippen molar-refractivity contribution < 1.29 is 4.79 Å². The summed E-state index contributed by atoms with van der Waals surface area (Å²) in [5.74, 6) is 0.808. The first-order valence-corrected chi connectivity index (χ1v) is 6.13. The SMILES string of the molecule is CC1CN(CC(=O)c2ccc[nH]2)CC1N(C)C. The Morgan fingerprint density at radius 1 is 1.53 bits per heavy atom. The van der Waals surface area contributed by atoms with Crippen molar-refractivity contribution in [3.05, 3.63) is 24.0 Å². The predicted octanol–water partition coefficient (Wildman–Crippen LogP) is 1.08. The van der Waals surface area contributed by atoms with Gasteiger partial charge in [0.05, 0.1) is 12.2 Å². The molecule has 1 aliphatic heterocycles. The van der Waals surface area contributed by atoms with E-state index in [4.69, 9.17) is 0 Å². The molecule has 0 radical (unpaired) electrons. The Labute approximate surface area is 103 Å². The lowest BCUT2D eigenvalue weighted by Crippen LogP contribution is -2.35. The molecule has 2 atom stereocenters. The Bertz CT molecular complexity index is 372. The number of nitrogens with zero attached hydrogens (tertiary/aromatic N) is 2. The molecule has 0 aromatic carbocycles. The number of aromatic amines is 1. The van der Waals surface area contributed by atoms with Crippen LogP contribution in [0.4, 0.5) is 0 Å². The number of Topliss-reactive ketones (excluding diaryl/α,β-unsaturated/α-hetero) is 1. The highest BCUT2D eigenvalue weighted by Gasteiger charge is 2.31. The van der Waals surface area contributed by atoms with Crippen LogP contribution in [0.25, 0.3) is 0 Å². The lowest BCUT2D eigenvalue weighted by Gasteiger charge is -2.22. The molecule has 1 N–H and O–H groups in total. The van der Waals surface area contributed by atoms with Crippen molar-refractivity contribution in [2.45, 2.75) is 13.0 Å². The van der Waals surface area contributed by atoms with Crippen LogP contribution in [0.2, 0.25) is 0 Å². The van der Waals surface area contributed by atoms with Crippen molar-refractivity contribution in [1.29, 1.82) is 0 Å². The van der Waals surface area contributed by atoms with Gasteiger partial charge in [0, 0.05) is 25.3 Å². The number of carbonyl (C=O) groups excluding carboxylic acids is 1. The number of hydrogen-bond acceptors (Lipinski definition) is 3. The summed E-state index contributed by atoms with van der Waals surface area (Å²) in [5, 5.41) is 0. The highest BCUT2D eigenvalue weighted by atomic mass is 16.1. The molecule has 17 heavy (non-hydrogen) atoms. The Morgan fingerprint density at radius 3 is 2.82 bits per heavy atom. The molecule has 0 aliphatic carbocycles. The molecule has 94 valence electrons. The van der Waals surface area contributed by atoms with Crippen molar-refractivity contribution in [1.82, 2.24) is 14.8 Å². The third kappa shape index (κ3) is 2.76. The maximum Gasteiger partial charge on any atom is 0.192 e. The van der Waals surface area contributed by atoms with E-state index in [0.29, 0.717) is 24.2 Å². The summed E-state index contributed by atoms with van der Waals surface area (Å²) < 4.78 is 0. The van der Waals surface area contributed by atoms with E-state index in [1.165, 1.54) is 0 Å². The van der Waals surface area contributed by atoms with Crippen LogP contribution in [0.15, 0.2) is 18.3 Å². The van der Waals surface area contributed by atoms with Crippen LogP contribution in [-0.2, 0) is 0 Å². The van der Waals surface area contributed by atoms with E-state index in [9.17, 15) is 4.79 Å². The van der Waals surface area contributed by atoms with Crippen molar-refractivity contribution in [2.24, 2.45) is 5.92 Å². The first-order valence-electron chi connectivity index (χ1n) is 6.13. The number of rotatable bonds is 4. The van der Waals surface area contributed by atoms with Crippen LogP contribution in [0.5, 0.6) is 0 Å². The van der Waals surface area contributed by atoms with Gasteiger partial charge in [0.1, 0.15) is 0 Å². The van der Waals surface area contributed by atoms with Crippen LogP contribution >= 0.6 is 0 Å². The third-order valence-corrected chi connectivity index (χ3v) is 3.58. The Morgan fingerprint density at radius 2 is 2.29 bits per heavy atom. The normalized spacial score (nSPS) is 25.6. The number of nitrogens with one attached hydrogen (secondary N) is 1. The van der Waals surface area contributed by atoms with Gasteiger partial charge >= 0.3 is 0 Å². The molecule has 1 aromatic heterocycles. The third-order valence-electron chi connectivity index (χ3n) is 3.58. The molecule has 0 bridgehead atoms. The molecular weight excluding hydrogens is 214 g/mol. The van der Waals surface area contributed by atoms with E-state index in [1.807, 2.05) is 12.1 Å². The summed E-state index contributed by atoms with van der Waals surface area (Å²) in [6.07, 6.45) is 1.79. The van der Waals surface area contributed by atoms with Gasteiger partial charge in [0.15, 0.2) is 5.78 Å². The second-order valence-electron chi connectivity index (χ2n) is 5.21. The second kappa shape index (κ2) is 5.02. The number of ketones is 1. The fraction of sp³-hybridized carbons (Fsp3) is 0.615. The van der Waals surface area contributed by atoms with Gasteiger partial charge in [0.25, 0.3) is 0 Å². The highest BCUT2D eigenvalue weighted by molar-refractivity contribution is 5.95. The lowest BCUT2D eigenvalue weighted by atomic mass is 10.1. The van der Waals surface area contributed by atoms with E-state index in [1.54, 1.807) is 6.20 Å². The van der Waals surface area contributed by atoms with Crippen LogP contribution in [0, 0.1) is 5.92 Å². The minimum absolute atomic E-state index is 0.182. The predicted molar refractivity (Wildman–Crippen MR) is 68.2 cm³/mol. The van der Waals surface area contributed by atoms with Gasteiger partial charge < -0.3 is 9.88 Å². The quantitative estimate of drug-likeness (QED) is 0.794. The van der Waals surface area contributed by atoms with Gasteiger partial charge in [-0.05, 0) is 32.1 Å². The molecule has 2 unspecified atom stereocenters. The second-order valence-corrected chi connectivity index (χ2v) is 5.21. The molecule has 2 heterocycles. The Hall–Kier alpha value is -1.13. The van der Waals surface area contributed by atoms with Crippen LogP contribution < -0.4 is 0 Å². The maximum absolute atomic E-state index is 12.0. The molecule has 1 saturated heterocycles. The first kappa shape index (κ1) is 12.3. The fourth-order valence-corrected chi connectivity index (χ4v) is 2.64. The summed E-state index contributed by atoms with van der Waals surface area (Å²) in [4.78, 5) is 19.4. The number of hydrogen-bond donors (Lipinski definition) is 1. The summed E-state index contributed by atoms with van der Waals surface area (Å²) in [6, 6.07) is 4.26. The average molecular weight is 235 g/mol. The van der Waals surface area contributed by atoms with E-state index in [-0.39, 0.29) is 5.78 Å². The Kier molecular flexibility index (Phi) is 3.64. The summed E-state index contributed by atoms with van der Waals surface area (Å²) >= 11 is 0. The smallest absolute Gasteiger partial charge is 0.192 e. The van der Waals surface area contributed by atoms with Crippen LogP contribution in [0.3, 0.4) is 0 Å². The van der Waals surface area contributed by atoms with Gasteiger partial charge in [-0.3, -0.25) is 9.69 Å². The monoisotopic (exact) mass is 235 g/mol. The molecule has 0 amide bonds. The summed E-state index contributed by atoms with van der Waals surface area (Å²) in [7, 11) is 4.22. The number of H-pyrrole nitrogens is 1. The first-order chi connectivity index (χ1) is 8.08. The zero-order chi connectivity index (χ0) is 12.4. The van der Waals surface area contributed by atoms with Gasteiger partial charge in [-0.15, -0.1) is 0 Å². The molecular formula is C13H21N3O. The van der Waals surface area contributed by atoms with Crippen molar-refractivity contribution in [3.63, 3.8) is 0 Å². The standard InChI is InChI=1S/C13H21N3O/c1-10-7-16(8-12(10)15(2)3)9-13(17)11-5-4-6-14-11/h4-6,10,12,14H,7-9H2,1-3H3. The molecule has 2 rings (SSSR count). The van der Waals surface area contributed by atoms with Crippen molar-refractivity contribution in [3.8, 4) is 0 Å². The highest BCUT2D eigenvalue weighted by Crippen LogP contribution is 2.19. The zero-order valence-electron chi connectivity index (χ0n) is 10.8. The van der Waals surface area contributed by atoms with E-state index < -0.39 is 0 Å². The largest absolute Gasteiger partial charge is 0.359 e. The van der Waals surface area contributed by atoms with Gasteiger partial charge in [-0.1, -0.05) is 6.92 Å². The zero-order valence-corrected chi connectivity index (χ0v) is 10.8. The number of carbonyl (C=O) groups is 1. The molecule has 0 saturated carbocycles. The van der Waals surface area contributed by atoms with Gasteiger partial charge in [-0.2, -0.15) is 0 Å². The maximum atomic E-state index is 12.0. The minimum atomic E-state index is 0.182. The van der Waals surface area contributed by atoms with Crippen LogP contribution in [-0.4, -0.2) is 60.3 Å². The number of likely N-dealkylation sites (tertiary alicyclic amines) is 1. The van der Waals surface area contributed by atoms with E-state index in [0.717, 1.165) is 13.1 Å². The van der Waals surface area contributed by atoms with Gasteiger partial charge in [-0.25, -0.2) is 0 Å². The van der Waals surface area contributed by atoms with Crippen molar-refractivity contribution in [2.75, 3.05) is 33.7 Å². The summed E-state index contributed by atoms with van der Waals surface area (Å²) in [6.45, 7) is 4.77. The number of likely N-dealkylation sites (N-methyl/N-ethyl adjacent to an activating group) is 1. The average Bonchev–Trinajstić information content (AvgIpc) is 2.86. The van der Waals surface area contributed by atoms with Crippen molar-refractivity contribution >= 4 is 5.78 Å². The topological polar surface area (TPSA) is 39.3 Å². The lowest BCUT2D eigenvalue weighted by molar-refractivity contribution is 0.0936. The summed E-state index contributed by atoms with van der Waals surface area (Å²) in [5.41, 5.74) is 0.714. The molecule has 1 aromatic rings. The minimum Gasteiger partial charge on any atom is -0.359 e. The molecule has 1 aliphatic rings. The molecule has 4 heteroatoms.